The molecule has 2 aromatic carbocycles. The molecule has 3 aromatic rings. The van der Waals surface area contributed by atoms with Crippen molar-refractivity contribution in [2.24, 2.45) is 0 Å². The molecule has 1 aromatic heterocycles. The SMILES string of the molecule is CC(CC(=O)Oc1ccc(C(=O)c2ccc(F)cc2)cc1)c1ccncc1. The molecule has 0 aliphatic rings. The van der Waals surface area contributed by atoms with Gasteiger partial charge < -0.3 is 4.74 Å². The van der Waals surface area contributed by atoms with E-state index in [1.165, 1.54) is 24.3 Å². The highest BCUT2D eigenvalue weighted by Gasteiger charge is 2.14. The second kappa shape index (κ2) is 8.36. The first-order valence-electron chi connectivity index (χ1n) is 8.54. The fourth-order valence-corrected chi connectivity index (χ4v) is 2.68. The lowest BCUT2D eigenvalue weighted by Crippen LogP contribution is -2.11. The number of benzene rings is 2. The first kappa shape index (κ1) is 18.5. The van der Waals surface area contributed by atoms with E-state index < -0.39 is 5.82 Å². The third-order valence-corrected chi connectivity index (χ3v) is 4.20. The number of nitrogens with zero attached hydrogens (tertiary/aromatic N) is 1. The van der Waals surface area contributed by atoms with Crippen LogP contribution in [0, 0.1) is 5.82 Å². The van der Waals surface area contributed by atoms with Crippen LogP contribution in [0.5, 0.6) is 5.75 Å². The maximum atomic E-state index is 13.0. The molecule has 1 heterocycles. The molecule has 0 saturated heterocycles. The zero-order chi connectivity index (χ0) is 19.2. The monoisotopic (exact) mass is 363 g/mol. The number of aromatic nitrogens is 1. The summed E-state index contributed by atoms with van der Waals surface area (Å²) >= 11 is 0. The Morgan fingerprint density at radius 3 is 2.07 bits per heavy atom. The standard InChI is InChI=1S/C22H18FNO3/c1-15(16-10-12-24-13-11-16)14-21(25)27-20-8-4-18(5-9-20)22(26)17-2-6-19(23)7-3-17/h2-13,15H,14H2,1H3. The Balaban J connectivity index is 1.61. The zero-order valence-corrected chi connectivity index (χ0v) is 14.8. The van der Waals surface area contributed by atoms with Gasteiger partial charge in [0.15, 0.2) is 5.78 Å². The smallest absolute Gasteiger partial charge is 0.311 e. The molecule has 5 heteroatoms. The second-order valence-corrected chi connectivity index (χ2v) is 6.22. The normalized spacial score (nSPS) is 11.6. The van der Waals surface area contributed by atoms with Gasteiger partial charge in [0.25, 0.3) is 0 Å². The first-order valence-corrected chi connectivity index (χ1v) is 8.54. The van der Waals surface area contributed by atoms with Gasteiger partial charge in [0.05, 0.1) is 6.42 Å². The molecule has 3 rings (SSSR count). The molecular weight excluding hydrogens is 345 g/mol. The highest BCUT2D eigenvalue weighted by atomic mass is 19.1. The van der Waals surface area contributed by atoms with Crippen LogP contribution in [0.1, 0.15) is 40.7 Å². The van der Waals surface area contributed by atoms with E-state index in [1.807, 2.05) is 19.1 Å². The molecule has 0 spiro atoms. The molecule has 4 nitrogen and oxygen atoms in total. The van der Waals surface area contributed by atoms with Crippen LogP contribution >= 0.6 is 0 Å². The Kier molecular flexibility index (Phi) is 5.71. The average Bonchev–Trinajstić information content (AvgIpc) is 2.69. The van der Waals surface area contributed by atoms with Gasteiger partial charge in [-0.25, -0.2) is 4.39 Å². The van der Waals surface area contributed by atoms with E-state index in [0.717, 1.165) is 5.56 Å². The second-order valence-electron chi connectivity index (χ2n) is 6.22. The molecule has 1 atom stereocenters. The van der Waals surface area contributed by atoms with Gasteiger partial charge in [-0.15, -0.1) is 0 Å². The quantitative estimate of drug-likeness (QED) is 0.366. The van der Waals surface area contributed by atoms with E-state index in [9.17, 15) is 14.0 Å². The van der Waals surface area contributed by atoms with Gasteiger partial charge in [-0.1, -0.05) is 6.92 Å². The minimum absolute atomic E-state index is 0.0137. The van der Waals surface area contributed by atoms with E-state index in [4.69, 9.17) is 4.74 Å². The van der Waals surface area contributed by atoms with Gasteiger partial charge in [-0.3, -0.25) is 14.6 Å². The molecule has 27 heavy (non-hydrogen) atoms. The maximum absolute atomic E-state index is 13.0. The maximum Gasteiger partial charge on any atom is 0.311 e. The highest BCUT2D eigenvalue weighted by molar-refractivity contribution is 6.09. The van der Waals surface area contributed by atoms with Crippen molar-refractivity contribution in [3.8, 4) is 5.75 Å². The van der Waals surface area contributed by atoms with Crippen LogP contribution in [0.25, 0.3) is 0 Å². The van der Waals surface area contributed by atoms with E-state index >= 15 is 0 Å². The van der Waals surface area contributed by atoms with Crippen molar-refractivity contribution in [3.63, 3.8) is 0 Å². The highest BCUT2D eigenvalue weighted by Crippen LogP contribution is 2.21. The number of halogens is 1. The third-order valence-electron chi connectivity index (χ3n) is 4.20. The van der Waals surface area contributed by atoms with Crippen LogP contribution in [0.3, 0.4) is 0 Å². The molecular formula is C22H18FNO3. The molecule has 0 radical (unpaired) electrons. The minimum atomic E-state index is -0.394. The number of hydrogen-bond donors (Lipinski definition) is 0. The molecule has 0 saturated carbocycles. The van der Waals surface area contributed by atoms with Crippen LogP contribution in [-0.4, -0.2) is 16.7 Å². The molecule has 0 N–H and O–H groups in total. The van der Waals surface area contributed by atoms with Crippen molar-refractivity contribution in [2.45, 2.75) is 19.3 Å². The van der Waals surface area contributed by atoms with Gasteiger partial charge >= 0.3 is 5.97 Å². The number of carbonyl (C=O) groups excluding carboxylic acids is 2. The summed E-state index contributed by atoms with van der Waals surface area (Å²) in [5.41, 5.74) is 1.85. The van der Waals surface area contributed by atoms with E-state index in [1.54, 1.807) is 36.7 Å². The Morgan fingerprint density at radius 1 is 0.926 bits per heavy atom. The van der Waals surface area contributed by atoms with Crippen molar-refractivity contribution in [1.82, 2.24) is 4.98 Å². The molecule has 1 unspecified atom stereocenters. The van der Waals surface area contributed by atoms with E-state index in [0.29, 0.717) is 16.9 Å². The summed E-state index contributed by atoms with van der Waals surface area (Å²) in [5, 5.41) is 0. The van der Waals surface area contributed by atoms with Crippen molar-refractivity contribution in [1.29, 1.82) is 0 Å². The lowest BCUT2D eigenvalue weighted by Gasteiger charge is -2.11. The average molecular weight is 363 g/mol. The summed E-state index contributed by atoms with van der Waals surface area (Å²) in [6.45, 7) is 1.95. The summed E-state index contributed by atoms with van der Waals surface area (Å²) < 4.78 is 18.3. The Hall–Kier alpha value is -3.34. The number of carbonyl (C=O) groups is 2. The zero-order valence-electron chi connectivity index (χ0n) is 14.8. The summed E-state index contributed by atoms with van der Waals surface area (Å²) in [6.07, 6.45) is 3.61. The minimum Gasteiger partial charge on any atom is -0.427 e. The molecule has 0 fully saturated rings. The van der Waals surface area contributed by atoms with Crippen LogP contribution < -0.4 is 4.74 Å². The van der Waals surface area contributed by atoms with Crippen molar-refractivity contribution in [3.05, 3.63) is 95.6 Å². The van der Waals surface area contributed by atoms with E-state index in [-0.39, 0.29) is 24.1 Å². The van der Waals surface area contributed by atoms with Crippen LogP contribution in [-0.2, 0) is 4.79 Å². The predicted molar refractivity (Wildman–Crippen MR) is 99.2 cm³/mol. The van der Waals surface area contributed by atoms with Crippen LogP contribution in [0.15, 0.2) is 73.1 Å². The van der Waals surface area contributed by atoms with Gasteiger partial charge in [-0.05, 0) is 72.1 Å². The number of rotatable bonds is 6. The van der Waals surface area contributed by atoms with Crippen LogP contribution in [0.4, 0.5) is 4.39 Å². The largest absolute Gasteiger partial charge is 0.427 e. The predicted octanol–water partition coefficient (Wildman–Crippen LogP) is 4.55. The summed E-state index contributed by atoms with van der Waals surface area (Å²) in [5.74, 6) is -0.580. The Bertz CT molecular complexity index is 922. The number of pyridine rings is 1. The number of esters is 1. The third kappa shape index (κ3) is 4.85. The molecule has 0 aliphatic heterocycles. The van der Waals surface area contributed by atoms with Crippen molar-refractivity contribution < 1.29 is 18.7 Å². The van der Waals surface area contributed by atoms with Crippen molar-refractivity contribution in [2.75, 3.05) is 0 Å². The van der Waals surface area contributed by atoms with Gasteiger partial charge in [-0.2, -0.15) is 0 Å². The first-order chi connectivity index (χ1) is 13.0. The lowest BCUT2D eigenvalue weighted by molar-refractivity contribution is -0.134. The molecule has 0 amide bonds. The van der Waals surface area contributed by atoms with Gasteiger partial charge in [0.1, 0.15) is 11.6 Å². The number of hydrogen-bond acceptors (Lipinski definition) is 4. The van der Waals surface area contributed by atoms with Gasteiger partial charge in [0.2, 0.25) is 0 Å². The molecule has 0 aliphatic carbocycles. The molecule has 0 bridgehead atoms. The number of ether oxygens (including phenoxy) is 1. The van der Waals surface area contributed by atoms with Crippen molar-refractivity contribution >= 4 is 11.8 Å². The summed E-state index contributed by atoms with van der Waals surface area (Å²) in [7, 11) is 0. The Labute approximate surface area is 156 Å². The summed E-state index contributed by atoms with van der Waals surface area (Å²) in [6, 6.07) is 15.4. The van der Waals surface area contributed by atoms with E-state index in [2.05, 4.69) is 4.98 Å². The summed E-state index contributed by atoms with van der Waals surface area (Å²) in [4.78, 5) is 28.4. The molecule has 136 valence electrons. The topological polar surface area (TPSA) is 56.3 Å². The van der Waals surface area contributed by atoms with Gasteiger partial charge in [0, 0.05) is 23.5 Å². The Morgan fingerprint density at radius 2 is 1.48 bits per heavy atom. The van der Waals surface area contributed by atoms with Crippen LogP contribution in [0.2, 0.25) is 0 Å². The fraction of sp³-hybridized carbons (Fsp3) is 0.136. The lowest BCUT2D eigenvalue weighted by atomic mass is 9.99. The fourth-order valence-electron chi connectivity index (χ4n) is 2.68. The number of ketones is 1.